The van der Waals surface area contributed by atoms with Crippen molar-refractivity contribution in [2.75, 3.05) is 7.11 Å². The van der Waals surface area contributed by atoms with Crippen molar-refractivity contribution in [2.45, 2.75) is 365 Å². The molecule has 8 aliphatic rings. The molecular weight excluding hydrogens is 1830 g/mol. The summed E-state index contributed by atoms with van der Waals surface area (Å²) >= 11 is 0. The molecule has 0 spiro atoms. The Kier molecular flexibility index (Phi) is 48.6. The van der Waals surface area contributed by atoms with E-state index in [9.17, 15) is 57.5 Å². The Bertz CT molecular complexity index is 5610. The molecule has 7 aliphatic carbocycles. The van der Waals surface area contributed by atoms with E-state index < -0.39 is 23.9 Å². The molecule has 4 unspecified atom stereocenters. The van der Waals surface area contributed by atoms with Crippen LogP contribution < -0.4 is 51.4 Å². The molecule has 0 aromatic heterocycles. The van der Waals surface area contributed by atoms with Crippen molar-refractivity contribution in [3.63, 3.8) is 0 Å². The predicted molar refractivity (Wildman–Crippen MR) is 574 cm³/mol. The van der Waals surface area contributed by atoms with E-state index >= 15 is 0 Å². The fraction of sp³-hybridized carbons (Fsp3) is 0.488. The molecule has 1 saturated heterocycles. The Labute approximate surface area is 902 Å². The van der Waals surface area contributed by atoms with Gasteiger partial charge in [-0.05, 0) is 277 Å². The number of carboxylic acid groups (broad SMARTS) is 2. The summed E-state index contributed by atoms with van der Waals surface area (Å²) in [6, 6.07) is 58.9. The number of Topliss-reactive ketones (excluding diaryl/α,β-unsaturated/α-hetero) is 6. The first-order valence-corrected chi connectivity index (χ1v) is 50.7. The number of hydrogen-bond acceptors (Lipinski definition) is 16. The predicted octanol–water partition coefficient (Wildman–Crippen LogP) is 24.2. The Balaban J connectivity index is 0.000000339. The first-order valence-electron chi connectivity index (χ1n) is 50.7. The zero-order chi connectivity index (χ0) is 105. The summed E-state index contributed by atoms with van der Waals surface area (Å²) in [5, 5.41) is 24.1. The Hall–Kier alpha value is -9.80. The Morgan fingerprint density at radius 2 is 0.632 bits per heavy atom. The summed E-state index contributed by atoms with van der Waals surface area (Å²) in [7, 11) is 1.00. The summed E-state index contributed by atoms with van der Waals surface area (Å²) in [5.41, 5.74) is 27.4. The third kappa shape index (κ3) is 39.1. The molecular formula is C125H164KO18-. The number of allylic oxidation sites excluding steroid dienone is 4. The number of aliphatic carboxylic acids is 2. The summed E-state index contributed by atoms with van der Waals surface area (Å²) in [5.74, 6) is -0.359. The molecule has 8 aromatic rings. The normalized spacial score (nSPS) is 16.8. The Morgan fingerprint density at radius 3 is 0.944 bits per heavy atom. The van der Waals surface area contributed by atoms with Crippen molar-refractivity contribution in [1.29, 1.82) is 0 Å². The maximum Gasteiger partial charge on any atom is 1.00 e. The molecule has 1 heterocycles. The molecule has 1 fully saturated rings. The van der Waals surface area contributed by atoms with Crippen molar-refractivity contribution in [3.05, 3.63) is 293 Å². The van der Waals surface area contributed by atoms with Gasteiger partial charge in [0.05, 0.1) is 19.3 Å². The second kappa shape index (κ2) is 55.3. The van der Waals surface area contributed by atoms with Crippen molar-refractivity contribution >= 4 is 81.3 Å². The zero-order valence-corrected chi connectivity index (χ0v) is 94.9. The minimum Gasteiger partial charge on any atom is -0.870 e. The average molecular weight is 1990 g/mol. The van der Waals surface area contributed by atoms with Gasteiger partial charge in [0.25, 0.3) is 0 Å². The van der Waals surface area contributed by atoms with Gasteiger partial charge in [-0.3, -0.25) is 47.9 Å². The van der Waals surface area contributed by atoms with Gasteiger partial charge in [-0.2, -0.15) is 0 Å². The second-order valence-electron chi connectivity index (χ2n) is 47.2. The fourth-order valence-corrected chi connectivity index (χ4v) is 18.3. The molecule has 8 aromatic carbocycles. The summed E-state index contributed by atoms with van der Waals surface area (Å²) in [4.78, 5) is 135. The van der Waals surface area contributed by atoms with Gasteiger partial charge in [0, 0.05) is 86.1 Å². The van der Waals surface area contributed by atoms with Gasteiger partial charge < -0.3 is 40.6 Å². The molecule has 16 rings (SSSR count). The molecule has 19 heteroatoms. The van der Waals surface area contributed by atoms with E-state index in [0.717, 1.165) is 130 Å². The van der Waals surface area contributed by atoms with Crippen LogP contribution in [0.4, 0.5) is 0 Å². The van der Waals surface area contributed by atoms with Gasteiger partial charge in [0.15, 0.2) is 34.7 Å². The standard InChI is InChI=1S/2C17H22O2.2C17H20O.C14H18O3.C14H20O2.C14H18O.C10H14.C4H4O3.CH4O.K.2H2O/c2*1-11(18)9-13-6-5-12-7-8-14(17(2,3)4)10-15(12)16(13)19;2*1-17(2,3)13-7-6-11-4-5-12-8-14(18)10-16(12)15(11)9-13;1-14(2,3)11-6-4-10(5-7-11)12(15)8-9-13(16)17;1-14(2,3)12-9-7-11(8-10-12)5-4-6-13(15)16;1-14(2,3)11-8-7-10-5-4-6-13(15)12(10)9-11;1-10(2,3)9-7-5-4-6-8-9;5-3-1-2-4(6)7-3;1-2;;;/h2*7-8,10,13H,5-6,9H2,1-4H3;2*6-7,9-10,12H,4-5,8H2,1-3H3;4-7H,8-9H2,1-3H3,(H,16,17);7-10H,4-6H2,1-3H3,(H,15,16);7-9H,4-6H2,1-3H3;4-8H,1-3H3;1-2H2;2H,1H3;;2*1H2/q;;;;;;;;;;+1;;/p-2. The minimum absolute atomic E-state index is 0. The number of ether oxygens (including phenoxy) is 1. The molecule has 1 aliphatic heterocycles. The number of fused-ring (bicyclic) bond motifs is 9. The van der Waals surface area contributed by atoms with Crippen LogP contribution in [-0.2, 0) is 125 Å². The molecule has 5 N–H and O–H groups in total. The summed E-state index contributed by atoms with van der Waals surface area (Å²) < 4.78 is 4.08. The maximum absolute atomic E-state index is 12.5. The number of aliphatic hydroxyl groups excluding tert-OH is 1. The molecule has 0 amide bonds. The van der Waals surface area contributed by atoms with Crippen LogP contribution in [0.3, 0.4) is 0 Å². The van der Waals surface area contributed by atoms with E-state index in [-0.39, 0.29) is 173 Å². The number of aliphatic hydroxyl groups is 1. The van der Waals surface area contributed by atoms with Crippen LogP contribution in [0.1, 0.15) is 413 Å². The third-order valence-electron chi connectivity index (χ3n) is 27.2. The number of carbonyl (C=O) groups excluding carboxylic acids is 10. The fourth-order valence-electron chi connectivity index (χ4n) is 18.3. The van der Waals surface area contributed by atoms with Crippen molar-refractivity contribution < 1.29 is 140 Å². The first kappa shape index (κ1) is 126. The monoisotopic (exact) mass is 1990 g/mol. The van der Waals surface area contributed by atoms with E-state index in [1.165, 1.54) is 83.5 Å². The van der Waals surface area contributed by atoms with E-state index in [2.05, 4.69) is 304 Å². The van der Waals surface area contributed by atoms with Gasteiger partial charge in [-0.15, -0.1) is 0 Å². The topological polar surface area (TPSA) is 335 Å². The minimum atomic E-state index is -0.940. The van der Waals surface area contributed by atoms with E-state index in [0.29, 0.717) is 59.4 Å². The van der Waals surface area contributed by atoms with Crippen LogP contribution >= 0.6 is 0 Å². The largest absolute Gasteiger partial charge is 1.00 e. The number of esters is 2. The number of aryl methyl sites for hydroxylation is 6. The van der Waals surface area contributed by atoms with Crippen molar-refractivity contribution in [2.24, 2.45) is 23.7 Å². The van der Waals surface area contributed by atoms with E-state index in [1.54, 1.807) is 26.0 Å². The molecule has 18 nitrogen and oxygen atoms in total. The zero-order valence-electron chi connectivity index (χ0n) is 91.7. The average Bonchev–Trinajstić information content (AvgIpc) is 1.63. The molecule has 0 saturated carbocycles. The van der Waals surface area contributed by atoms with Crippen molar-refractivity contribution in [3.8, 4) is 0 Å². The van der Waals surface area contributed by atoms with Crippen LogP contribution in [0.5, 0.6) is 0 Å². The number of benzene rings is 8. The molecule has 0 bridgehead atoms. The van der Waals surface area contributed by atoms with Crippen LogP contribution in [0.25, 0.3) is 11.1 Å². The number of hydrogen-bond donors (Lipinski definition) is 3. The second-order valence-corrected chi connectivity index (χ2v) is 47.2. The third-order valence-corrected chi connectivity index (χ3v) is 27.2. The van der Waals surface area contributed by atoms with E-state index in [4.69, 9.17) is 15.3 Å². The molecule has 774 valence electrons. The first-order chi connectivity index (χ1) is 65.5. The quantitative estimate of drug-likeness (QED) is 0.0443. The number of ketones is 8. The van der Waals surface area contributed by atoms with Gasteiger partial charge in [-0.1, -0.05) is 318 Å². The van der Waals surface area contributed by atoms with Crippen LogP contribution in [0.15, 0.2) is 182 Å². The van der Waals surface area contributed by atoms with Gasteiger partial charge in [0.2, 0.25) is 0 Å². The molecule has 144 heavy (non-hydrogen) atoms. The number of carbonyl (C=O) groups is 12. The van der Waals surface area contributed by atoms with Gasteiger partial charge in [-0.25, -0.2) is 0 Å². The smallest absolute Gasteiger partial charge is 0.870 e. The molecule has 0 radical (unpaired) electrons. The van der Waals surface area contributed by atoms with Crippen LogP contribution in [0.2, 0.25) is 0 Å². The number of cyclic esters (lactones) is 2. The molecule has 4 atom stereocenters. The summed E-state index contributed by atoms with van der Waals surface area (Å²) in [6.07, 6.45) is 19.0. The van der Waals surface area contributed by atoms with Crippen LogP contribution in [-0.4, -0.2) is 104 Å². The van der Waals surface area contributed by atoms with Crippen molar-refractivity contribution in [1.82, 2.24) is 0 Å². The maximum atomic E-state index is 12.5. The SMILES string of the molecule is CC(=O)CC1CCc2ccc(C(C)(C)C)cc2C1=O.CC(=O)CC1CCc2ccc(C(C)(C)C)cc2C1=O.CC(C)(C)c1ccc(C(=O)CCC(=O)O)cc1.CC(C)(C)c1ccc(CCCC(=O)O)cc1.CC(C)(C)c1ccc2c(c1)C(=O)CCC2.CC(C)(C)c1ccc2c(c1)C1=CC(=O)CC1CC2.CC(C)(C)c1ccc2c(c1)C1=CC(=O)CC1CC2.CC(C)(C)c1ccccc1.CO.O=C1CCC(=O)O1.[K+].[OH-].[OH-]. The van der Waals surface area contributed by atoms with Gasteiger partial charge >= 0.3 is 75.3 Å². The van der Waals surface area contributed by atoms with Gasteiger partial charge in [0.1, 0.15) is 11.6 Å². The summed E-state index contributed by atoms with van der Waals surface area (Å²) in [6.45, 7) is 55.5. The van der Waals surface area contributed by atoms with E-state index in [1.807, 2.05) is 36.4 Å². The Morgan fingerprint density at radius 1 is 0.333 bits per heavy atom. The number of rotatable bonds is 12. The van der Waals surface area contributed by atoms with Crippen LogP contribution in [0, 0.1) is 23.7 Å². The number of carboxylic acids is 2.